The van der Waals surface area contributed by atoms with Gasteiger partial charge in [-0.15, -0.1) is 0 Å². The maximum Gasteiger partial charge on any atom is 0.255 e. The number of carbonyl (C=O) groups is 1. The number of amides is 1. The first kappa shape index (κ1) is 15.5. The molecule has 1 saturated carbocycles. The van der Waals surface area contributed by atoms with Crippen LogP contribution in [0, 0.1) is 6.92 Å². The molecule has 1 aromatic heterocycles. The van der Waals surface area contributed by atoms with Crippen LogP contribution < -0.4 is 0 Å². The van der Waals surface area contributed by atoms with Gasteiger partial charge in [-0.2, -0.15) is 0 Å². The van der Waals surface area contributed by atoms with E-state index in [2.05, 4.69) is 23.7 Å². The average Bonchev–Trinajstić information content (AvgIpc) is 3.22. The van der Waals surface area contributed by atoms with Crippen LogP contribution >= 0.6 is 0 Å². The summed E-state index contributed by atoms with van der Waals surface area (Å²) in [6, 6.07) is 4.89. The van der Waals surface area contributed by atoms with Gasteiger partial charge >= 0.3 is 0 Å². The zero-order valence-corrected chi connectivity index (χ0v) is 14.2. The monoisotopic (exact) mass is 301 g/mol. The number of likely N-dealkylation sites (tertiary alicyclic amines) is 1. The first-order valence-corrected chi connectivity index (χ1v) is 8.46. The van der Waals surface area contributed by atoms with Gasteiger partial charge in [-0.05, 0) is 52.2 Å². The van der Waals surface area contributed by atoms with Crippen LogP contribution in [0.5, 0.6) is 0 Å². The number of aryl methyl sites for hydroxylation is 1. The highest BCUT2D eigenvalue weighted by molar-refractivity contribution is 5.95. The maximum atomic E-state index is 12.8. The van der Waals surface area contributed by atoms with Gasteiger partial charge in [-0.25, -0.2) is 0 Å². The summed E-state index contributed by atoms with van der Waals surface area (Å²) in [6.45, 7) is 8.45. The van der Waals surface area contributed by atoms with Crippen LogP contribution in [-0.2, 0) is 0 Å². The Bertz CT molecular complexity index is 565. The third-order valence-corrected chi connectivity index (χ3v) is 5.13. The molecule has 0 N–H and O–H groups in total. The van der Waals surface area contributed by atoms with Crippen molar-refractivity contribution in [3.05, 3.63) is 29.1 Å². The van der Waals surface area contributed by atoms with Gasteiger partial charge in [0.05, 0.1) is 11.3 Å². The zero-order valence-electron chi connectivity index (χ0n) is 14.2. The Kier molecular flexibility index (Phi) is 4.22. The molecule has 0 radical (unpaired) electrons. The highest BCUT2D eigenvalue weighted by atomic mass is 16.2. The second-order valence-corrected chi connectivity index (χ2v) is 7.09. The average molecular weight is 301 g/mol. The molecule has 1 amide bonds. The van der Waals surface area contributed by atoms with Crippen molar-refractivity contribution in [2.24, 2.45) is 0 Å². The second kappa shape index (κ2) is 5.99. The lowest BCUT2D eigenvalue weighted by molar-refractivity contribution is 0.0731. The smallest absolute Gasteiger partial charge is 0.255 e. The molecule has 3 rings (SSSR count). The summed E-state index contributed by atoms with van der Waals surface area (Å²) >= 11 is 0. The summed E-state index contributed by atoms with van der Waals surface area (Å²) in [5, 5.41) is 0. The van der Waals surface area contributed by atoms with E-state index in [0.29, 0.717) is 18.0 Å². The van der Waals surface area contributed by atoms with Crippen LogP contribution in [0.25, 0.3) is 0 Å². The Morgan fingerprint density at radius 1 is 1.32 bits per heavy atom. The minimum Gasteiger partial charge on any atom is -0.337 e. The molecule has 1 aliphatic heterocycles. The number of carbonyl (C=O) groups excluding carboxylic acids is 1. The van der Waals surface area contributed by atoms with Crippen LogP contribution in [0.4, 0.5) is 0 Å². The maximum absolute atomic E-state index is 12.8. The van der Waals surface area contributed by atoms with Crippen molar-refractivity contribution in [3.8, 4) is 0 Å². The highest BCUT2D eigenvalue weighted by Gasteiger charge is 2.31. The van der Waals surface area contributed by atoms with Gasteiger partial charge in [0.1, 0.15) is 0 Å². The van der Waals surface area contributed by atoms with Gasteiger partial charge in [-0.3, -0.25) is 14.7 Å². The fraction of sp³-hybridized carbons (Fsp3) is 0.667. The molecule has 2 aliphatic rings. The Hall–Kier alpha value is -1.42. The van der Waals surface area contributed by atoms with E-state index in [0.717, 1.165) is 36.5 Å². The van der Waals surface area contributed by atoms with E-state index in [1.165, 1.54) is 12.8 Å². The lowest BCUT2D eigenvalue weighted by Gasteiger charge is -2.26. The first-order chi connectivity index (χ1) is 10.5. The van der Waals surface area contributed by atoms with Crippen LogP contribution in [-0.4, -0.2) is 52.9 Å². The topological polar surface area (TPSA) is 36.4 Å². The summed E-state index contributed by atoms with van der Waals surface area (Å²) in [4.78, 5) is 21.8. The van der Waals surface area contributed by atoms with Gasteiger partial charge in [0, 0.05) is 43.8 Å². The largest absolute Gasteiger partial charge is 0.337 e. The van der Waals surface area contributed by atoms with E-state index >= 15 is 0 Å². The minimum atomic E-state index is 0.114. The SMILES string of the molecule is Cc1nc(C2CC2)ccc1C(=O)N(C)[C@H]1CCN(C(C)C)C1. The van der Waals surface area contributed by atoms with E-state index in [9.17, 15) is 4.79 Å². The summed E-state index contributed by atoms with van der Waals surface area (Å²) in [6.07, 6.45) is 3.55. The molecule has 2 fully saturated rings. The molecule has 1 aromatic rings. The van der Waals surface area contributed by atoms with Crippen molar-refractivity contribution in [2.45, 2.75) is 58.0 Å². The lowest BCUT2D eigenvalue weighted by atomic mass is 10.1. The summed E-state index contributed by atoms with van der Waals surface area (Å²) in [7, 11) is 1.94. The fourth-order valence-electron chi connectivity index (χ4n) is 3.32. The normalized spacial score (nSPS) is 22.3. The summed E-state index contributed by atoms with van der Waals surface area (Å²) < 4.78 is 0. The highest BCUT2D eigenvalue weighted by Crippen LogP contribution is 2.39. The zero-order chi connectivity index (χ0) is 15.9. The van der Waals surface area contributed by atoms with Crippen LogP contribution in [0.1, 0.15) is 60.8 Å². The molecule has 0 aromatic carbocycles. The number of pyridine rings is 1. The Morgan fingerprint density at radius 3 is 2.59 bits per heavy atom. The van der Waals surface area contributed by atoms with Crippen molar-refractivity contribution < 1.29 is 4.79 Å². The molecule has 0 bridgehead atoms. The minimum absolute atomic E-state index is 0.114. The Labute approximate surface area is 133 Å². The first-order valence-electron chi connectivity index (χ1n) is 8.46. The van der Waals surface area contributed by atoms with Crippen LogP contribution in [0.3, 0.4) is 0 Å². The molecule has 120 valence electrons. The molecule has 0 unspecified atom stereocenters. The molecule has 0 spiro atoms. The van der Waals surface area contributed by atoms with Gasteiger partial charge < -0.3 is 4.90 Å². The molecular formula is C18H27N3O. The van der Waals surface area contributed by atoms with E-state index < -0.39 is 0 Å². The lowest BCUT2D eigenvalue weighted by Crippen LogP contribution is -2.40. The standard InChI is InChI=1S/C18H27N3O/c1-12(2)21-10-9-15(11-21)20(4)18(22)16-7-8-17(14-5-6-14)19-13(16)3/h7-8,12,14-15H,5-6,9-11H2,1-4H3/t15-/m0/s1. The Balaban J connectivity index is 1.70. The third-order valence-electron chi connectivity index (χ3n) is 5.13. The number of nitrogens with zero attached hydrogens (tertiary/aromatic N) is 3. The van der Waals surface area contributed by atoms with Gasteiger partial charge in [0.15, 0.2) is 0 Å². The van der Waals surface area contributed by atoms with Crippen molar-refractivity contribution >= 4 is 5.91 Å². The molecule has 1 aliphatic carbocycles. The van der Waals surface area contributed by atoms with E-state index in [-0.39, 0.29) is 5.91 Å². The molecule has 1 atom stereocenters. The van der Waals surface area contributed by atoms with Crippen molar-refractivity contribution in [2.75, 3.05) is 20.1 Å². The number of hydrogen-bond acceptors (Lipinski definition) is 3. The van der Waals surface area contributed by atoms with Crippen LogP contribution in [0.2, 0.25) is 0 Å². The number of aromatic nitrogens is 1. The molecule has 22 heavy (non-hydrogen) atoms. The number of rotatable bonds is 4. The van der Waals surface area contributed by atoms with Gasteiger partial charge in [0.2, 0.25) is 0 Å². The van der Waals surface area contributed by atoms with Crippen LogP contribution in [0.15, 0.2) is 12.1 Å². The molecule has 1 saturated heterocycles. The molecule has 4 nitrogen and oxygen atoms in total. The van der Waals surface area contributed by atoms with Crippen molar-refractivity contribution in [1.29, 1.82) is 0 Å². The summed E-state index contributed by atoms with van der Waals surface area (Å²) in [5.41, 5.74) is 2.79. The molecule has 4 heteroatoms. The summed E-state index contributed by atoms with van der Waals surface area (Å²) in [5.74, 6) is 0.748. The molecular weight excluding hydrogens is 274 g/mol. The fourth-order valence-corrected chi connectivity index (χ4v) is 3.32. The van der Waals surface area contributed by atoms with Crippen molar-refractivity contribution in [1.82, 2.24) is 14.8 Å². The van der Waals surface area contributed by atoms with E-state index in [4.69, 9.17) is 0 Å². The quantitative estimate of drug-likeness (QED) is 0.858. The van der Waals surface area contributed by atoms with E-state index in [1.807, 2.05) is 31.0 Å². The van der Waals surface area contributed by atoms with Crippen molar-refractivity contribution in [3.63, 3.8) is 0 Å². The molecule has 2 heterocycles. The predicted octanol–water partition coefficient (Wildman–Crippen LogP) is 2.82. The predicted molar refractivity (Wildman–Crippen MR) is 88.2 cm³/mol. The van der Waals surface area contributed by atoms with Gasteiger partial charge in [-0.1, -0.05) is 0 Å². The second-order valence-electron chi connectivity index (χ2n) is 7.09. The number of likely N-dealkylation sites (N-methyl/N-ethyl adjacent to an activating group) is 1. The van der Waals surface area contributed by atoms with E-state index in [1.54, 1.807) is 0 Å². The Morgan fingerprint density at radius 2 is 2.05 bits per heavy atom. The van der Waals surface area contributed by atoms with Gasteiger partial charge in [0.25, 0.3) is 5.91 Å². The number of hydrogen-bond donors (Lipinski definition) is 0. The third kappa shape index (κ3) is 3.02.